The SMILES string of the molecule is O=c1c(N=Nc2cc(SOO[O-])ccc2S(=O)(=O)[O-])c(O)/c(=N/Nc2ccc(S(=O)(=O)CCOSOO[O-])cc2)c(=O)/c1=N\Nc1ccc(S(=O)(=O)CCOS(=O)(=O)[O-])cc1.[Na+].[Na+].[Na+].[Na+]. The molecule has 0 bridgehead atoms. The van der Waals surface area contributed by atoms with E-state index in [9.17, 15) is 68.0 Å². The first-order chi connectivity index (χ1) is 28.7. The van der Waals surface area contributed by atoms with Crippen molar-refractivity contribution >= 4 is 87.3 Å². The summed E-state index contributed by atoms with van der Waals surface area (Å²) < 4.78 is 135. The summed E-state index contributed by atoms with van der Waals surface area (Å²) in [5.74, 6) is -2.73. The molecule has 0 aliphatic heterocycles. The number of nitrogens with one attached hydrogen (secondary N) is 2. The fourth-order valence-corrected chi connectivity index (χ4v) is 8.22. The van der Waals surface area contributed by atoms with Crippen molar-refractivity contribution < 1.29 is 204 Å². The number of aromatic hydroxyl groups is 1. The first-order valence-electron chi connectivity index (χ1n) is 15.5. The van der Waals surface area contributed by atoms with E-state index in [0.29, 0.717) is 0 Å². The first-order valence-corrected chi connectivity index (χ1v) is 23.0. The zero-order valence-electron chi connectivity index (χ0n) is 33.5. The van der Waals surface area contributed by atoms with Gasteiger partial charge in [0.2, 0.25) is 21.3 Å². The fourth-order valence-electron chi connectivity index (χ4n) is 4.35. The Bertz CT molecular complexity index is 2950. The molecule has 0 unspecified atom stereocenters. The second kappa shape index (κ2) is 29.4. The van der Waals surface area contributed by atoms with Crippen molar-refractivity contribution in [1.29, 1.82) is 0 Å². The molecule has 0 saturated heterocycles. The minimum Gasteiger partial charge on any atom is -0.744 e. The Morgan fingerprint density at radius 1 is 0.646 bits per heavy atom. The largest absolute Gasteiger partial charge is 1.00 e. The Morgan fingerprint density at radius 3 is 1.65 bits per heavy atom. The van der Waals surface area contributed by atoms with Crippen LogP contribution >= 0.6 is 24.4 Å². The van der Waals surface area contributed by atoms with E-state index < -0.39 is 109 Å². The summed E-state index contributed by atoms with van der Waals surface area (Å²) in [7, 11) is -18.6. The molecule has 0 radical (unpaired) electrons. The third-order valence-electron chi connectivity index (χ3n) is 7.06. The second-order valence-corrected chi connectivity index (χ2v) is 18.8. The predicted molar refractivity (Wildman–Crippen MR) is 196 cm³/mol. The van der Waals surface area contributed by atoms with E-state index in [2.05, 4.69) is 54.2 Å². The van der Waals surface area contributed by atoms with Gasteiger partial charge in [-0.05, 0) is 66.7 Å². The van der Waals surface area contributed by atoms with E-state index in [4.69, 9.17) is 4.18 Å². The van der Waals surface area contributed by atoms with Crippen LogP contribution in [0.5, 0.6) is 5.75 Å². The van der Waals surface area contributed by atoms with Gasteiger partial charge in [-0.2, -0.15) is 14.5 Å². The van der Waals surface area contributed by atoms with Crippen LogP contribution in [0.4, 0.5) is 22.7 Å². The van der Waals surface area contributed by atoms with E-state index in [1.54, 1.807) is 0 Å². The number of nitrogens with zero attached hydrogens (tertiary/aromatic N) is 4. The molecular formula is C28H22N6Na4O21S6. The quantitative estimate of drug-likeness (QED) is 0.00961. The standard InChI is InChI=1S/C28H26N6O21S6.4Na/c35-26-23(32-29-16-1-6-19(7-2-16)58(40,41)13-11-50-57-55-53-39)27(36)25(34-31-21-15-18(56-54-52-38)5-10-22(21)60(44,45)46)28(37)24(26)33-30-17-3-8-20(9-4-17)59(42,43)14-12-51-61(47,48)49;;;;/h1-10,15,29-30,36,38-39H,11-14H2,(H,44,45,46)(H,47,48,49);;;;/q;4*+1/p-4/b32-23+,33-24+,34-31?;;;;. The van der Waals surface area contributed by atoms with Gasteiger partial charge in [-0.25, -0.2) is 33.7 Å². The van der Waals surface area contributed by atoms with Gasteiger partial charge in [0, 0.05) is 4.90 Å². The number of azo groups is 1. The van der Waals surface area contributed by atoms with Crippen LogP contribution in [0.2, 0.25) is 0 Å². The summed E-state index contributed by atoms with van der Waals surface area (Å²) in [5, 5.41) is 50.0. The molecular weight excluding hydrogens is 1040 g/mol. The molecule has 0 atom stereocenters. The van der Waals surface area contributed by atoms with Crippen LogP contribution in [-0.2, 0) is 67.3 Å². The summed E-state index contributed by atoms with van der Waals surface area (Å²) >= 11 is 0.351. The van der Waals surface area contributed by atoms with Crippen LogP contribution in [0.1, 0.15) is 0 Å². The normalized spacial score (nSPS) is 12.4. The third-order valence-corrected chi connectivity index (χ3v) is 12.7. The van der Waals surface area contributed by atoms with Crippen molar-refractivity contribution in [1.82, 2.24) is 0 Å². The van der Waals surface area contributed by atoms with E-state index in [-0.39, 0.29) is 169 Å². The molecule has 3 N–H and O–H groups in total. The van der Waals surface area contributed by atoms with Gasteiger partial charge < -0.3 is 24.7 Å². The number of sulfone groups is 2. The maximum absolute atomic E-state index is 13.6. The average molecular weight is 1060 g/mol. The molecule has 65 heavy (non-hydrogen) atoms. The Kier molecular flexibility index (Phi) is 29.0. The number of hydrogen-bond acceptors (Lipinski definition) is 29. The maximum Gasteiger partial charge on any atom is 1.00 e. The van der Waals surface area contributed by atoms with Gasteiger partial charge >= 0.3 is 118 Å². The number of hydrogen-bond donors (Lipinski definition) is 3. The monoisotopic (exact) mass is 1060 g/mol. The molecule has 0 spiro atoms. The van der Waals surface area contributed by atoms with Crippen molar-refractivity contribution in [2.75, 3.05) is 35.6 Å². The first kappa shape index (κ1) is 64.2. The van der Waals surface area contributed by atoms with Gasteiger partial charge in [0.05, 0.1) is 62.8 Å². The number of phenols is 1. The minimum absolute atomic E-state index is 0. The second-order valence-electron chi connectivity index (χ2n) is 10.9. The molecule has 0 heterocycles. The summed E-state index contributed by atoms with van der Waals surface area (Å²) in [5.41, 5.74) is -0.111. The van der Waals surface area contributed by atoms with Gasteiger partial charge in [-0.3, -0.25) is 38.9 Å². The van der Waals surface area contributed by atoms with Gasteiger partial charge in [0.25, 0.3) is 0 Å². The molecule has 0 aliphatic rings. The zero-order valence-corrected chi connectivity index (χ0v) is 46.4. The Morgan fingerprint density at radius 2 is 1.15 bits per heavy atom. The Hall–Kier alpha value is -0.820. The van der Waals surface area contributed by atoms with Crippen LogP contribution in [0.3, 0.4) is 0 Å². The Balaban J connectivity index is 0.0000102. The Labute approximate surface area is 464 Å². The van der Waals surface area contributed by atoms with Crippen molar-refractivity contribution in [3.05, 3.63) is 97.9 Å². The van der Waals surface area contributed by atoms with E-state index in [0.717, 1.165) is 54.6 Å². The summed E-state index contributed by atoms with van der Waals surface area (Å²) in [6.07, 6.45) is 0. The molecule has 0 aromatic heterocycles. The molecule has 37 heteroatoms. The molecule has 4 aromatic carbocycles. The zero-order chi connectivity index (χ0) is 45.0. The van der Waals surface area contributed by atoms with Crippen LogP contribution in [0, 0.1) is 0 Å². The summed E-state index contributed by atoms with van der Waals surface area (Å²) in [6.45, 7) is -1.39. The van der Waals surface area contributed by atoms with Crippen molar-refractivity contribution in [2.45, 2.75) is 19.6 Å². The molecule has 0 saturated carbocycles. The molecule has 330 valence electrons. The van der Waals surface area contributed by atoms with Gasteiger partial charge in [0.1, 0.15) is 15.8 Å². The third kappa shape index (κ3) is 19.8. The fraction of sp³-hybridized carbons (Fsp3) is 0.143. The molecule has 27 nitrogen and oxygen atoms in total. The molecule has 4 aromatic rings. The van der Waals surface area contributed by atoms with E-state index in [1.165, 1.54) is 12.1 Å². The van der Waals surface area contributed by atoms with E-state index in [1.807, 2.05) is 0 Å². The van der Waals surface area contributed by atoms with Crippen LogP contribution < -0.4 is 161 Å². The smallest absolute Gasteiger partial charge is 0.744 e. The van der Waals surface area contributed by atoms with Gasteiger partial charge in [0.15, 0.2) is 54.1 Å². The van der Waals surface area contributed by atoms with Gasteiger partial charge in [-0.1, -0.05) is 0 Å². The summed E-state index contributed by atoms with van der Waals surface area (Å²) in [4.78, 5) is 25.5. The van der Waals surface area contributed by atoms with Crippen molar-refractivity contribution in [3.8, 4) is 5.75 Å². The maximum atomic E-state index is 13.6. The van der Waals surface area contributed by atoms with Crippen LogP contribution in [0.25, 0.3) is 0 Å². The van der Waals surface area contributed by atoms with Gasteiger partial charge in [-0.15, -0.1) is 14.6 Å². The molecule has 0 amide bonds. The van der Waals surface area contributed by atoms with Crippen LogP contribution in [-0.4, -0.2) is 72.6 Å². The predicted octanol–water partition coefficient (Wildman–Crippen LogP) is -13.8. The topological polar surface area (TPSA) is 412 Å². The molecule has 0 fully saturated rings. The van der Waals surface area contributed by atoms with Crippen LogP contribution in [0.15, 0.2) is 116 Å². The number of anilines is 2. The summed E-state index contributed by atoms with van der Waals surface area (Å²) in [6, 6.07) is 11.4. The number of phenolic OH excluding ortho intramolecular Hbond substituents is 1. The van der Waals surface area contributed by atoms with E-state index >= 15 is 0 Å². The molecule has 4 rings (SSSR count). The van der Waals surface area contributed by atoms with Crippen molar-refractivity contribution in [3.63, 3.8) is 0 Å². The molecule has 0 aliphatic carbocycles. The minimum atomic E-state index is -5.28. The average Bonchev–Trinajstić information content (AvgIpc) is 3.19. The van der Waals surface area contributed by atoms with Crippen molar-refractivity contribution in [2.24, 2.45) is 20.4 Å². The number of benzene rings is 4. The number of rotatable bonds is 22.